The van der Waals surface area contributed by atoms with Crippen molar-refractivity contribution < 1.29 is 13.6 Å². The van der Waals surface area contributed by atoms with Crippen LogP contribution in [0.4, 0.5) is 0 Å². The predicted molar refractivity (Wildman–Crippen MR) is 140 cm³/mol. The highest BCUT2D eigenvalue weighted by Crippen LogP contribution is 2.49. The summed E-state index contributed by atoms with van der Waals surface area (Å²) in [5.41, 5.74) is 12.2. The minimum absolute atomic E-state index is 0.309. The van der Waals surface area contributed by atoms with Crippen LogP contribution in [0.1, 0.15) is 149 Å². The highest BCUT2D eigenvalue weighted by molar-refractivity contribution is 7.53. The van der Waals surface area contributed by atoms with Crippen LogP contribution in [0.3, 0.4) is 0 Å². The lowest BCUT2D eigenvalue weighted by Gasteiger charge is -2.24. The molecule has 0 amide bonds. The molecule has 0 spiro atoms. The molecule has 0 aromatic rings. The Kier molecular flexibility index (Phi) is 22.9. The van der Waals surface area contributed by atoms with Gasteiger partial charge in [0.2, 0.25) is 0 Å². The van der Waals surface area contributed by atoms with Crippen LogP contribution in [0.25, 0.3) is 0 Å². The third-order valence-electron chi connectivity index (χ3n) is 6.16. The Labute approximate surface area is 200 Å². The second-order valence-corrected chi connectivity index (χ2v) is 11.7. The van der Waals surface area contributed by atoms with Crippen molar-refractivity contribution in [1.29, 1.82) is 0 Å². The van der Waals surface area contributed by atoms with Gasteiger partial charge in [-0.2, -0.15) is 0 Å². The summed E-state index contributed by atoms with van der Waals surface area (Å²) in [5.74, 6) is 0. The van der Waals surface area contributed by atoms with Crippen LogP contribution in [0.15, 0.2) is 0 Å². The van der Waals surface area contributed by atoms with E-state index in [0.717, 1.165) is 38.5 Å². The SMILES string of the molecule is CCCCCCCCCCCC(N)OP(=O)(CC)OC(N)CCCCCCCCCCC. The number of rotatable bonds is 25. The smallest absolute Gasteiger partial charge is 0.306 e. The molecule has 0 saturated heterocycles. The molecule has 0 fully saturated rings. The Bertz CT molecular complexity index is 403. The van der Waals surface area contributed by atoms with Gasteiger partial charge < -0.3 is 11.5 Å². The summed E-state index contributed by atoms with van der Waals surface area (Å²) < 4.78 is 24.2. The van der Waals surface area contributed by atoms with Crippen molar-refractivity contribution >= 4 is 7.60 Å². The van der Waals surface area contributed by atoms with Gasteiger partial charge in [0.15, 0.2) is 0 Å². The van der Waals surface area contributed by atoms with Crippen molar-refractivity contribution in [1.82, 2.24) is 0 Å². The monoisotopic (exact) mass is 476 g/mol. The van der Waals surface area contributed by atoms with Crippen molar-refractivity contribution in [3.05, 3.63) is 0 Å². The van der Waals surface area contributed by atoms with Crippen LogP contribution in [0.2, 0.25) is 0 Å². The third kappa shape index (κ3) is 20.7. The van der Waals surface area contributed by atoms with Crippen LogP contribution in [0.5, 0.6) is 0 Å². The highest BCUT2D eigenvalue weighted by Gasteiger charge is 2.27. The molecule has 0 saturated carbocycles. The van der Waals surface area contributed by atoms with Crippen molar-refractivity contribution in [2.24, 2.45) is 11.5 Å². The quantitative estimate of drug-likeness (QED) is 0.0782. The van der Waals surface area contributed by atoms with Gasteiger partial charge in [0.1, 0.15) is 12.5 Å². The molecule has 0 aliphatic rings. The first-order valence-electron chi connectivity index (χ1n) is 13.9. The summed E-state index contributed by atoms with van der Waals surface area (Å²) in [5, 5.41) is 0. The van der Waals surface area contributed by atoms with E-state index in [0.29, 0.717) is 6.16 Å². The van der Waals surface area contributed by atoms with Crippen LogP contribution in [-0.2, 0) is 13.6 Å². The molecular formula is C26H57N2O3P. The second-order valence-electron chi connectivity index (χ2n) is 9.45. The average molecular weight is 477 g/mol. The lowest BCUT2D eigenvalue weighted by atomic mass is 10.1. The number of hydrogen-bond donors (Lipinski definition) is 2. The maximum Gasteiger partial charge on any atom is 0.333 e. The highest BCUT2D eigenvalue weighted by atomic mass is 31.2. The summed E-state index contributed by atoms with van der Waals surface area (Å²) in [6.07, 6.45) is 23.5. The van der Waals surface area contributed by atoms with Crippen LogP contribution >= 0.6 is 7.60 Å². The van der Waals surface area contributed by atoms with Gasteiger partial charge in [0, 0.05) is 6.16 Å². The summed E-state index contributed by atoms with van der Waals surface area (Å²) in [4.78, 5) is 0. The lowest BCUT2D eigenvalue weighted by Crippen LogP contribution is -2.27. The molecule has 6 heteroatoms. The fraction of sp³-hybridized carbons (Fsp3) is 1.00. The molecule has 0 radical (unpaired) electrons. The van der Waals surface area contributed by atoms with Gasteiger partial charge in [-0.25, -0.2) is 0 Å². The van der Waals surface area contributed by atoms with E-state index in [2.05, 4.69) is 13.8 Å². The van der Waals surface area contributed by atoms with E-state index in [9.17, 15) is 4.57 Å². The number of hydrogen-bond acceptors (Lipinski definition) is 5. The zero-order valence-corrected chi connectivity index (χ0v) is 22.7. The Balaban J connectivity index is 3.81. The molecule has 0 aliphatic heterocycles. The standard InChI is InChI=1S/C26H57N2O3P/c1-4-7-9-11-13-15-17-19-21-23-25(27)30-32(29,6-3)31-26(28)24-22-20-18-16-14-12-10-8-5-2/h25-26H,4-24,27-28H2,1-3H3. The predicted octanol–water partition coefficient (Wildman–Crippen LogP) is 8.64. The Morgan fingerprint density at radius 3 is 1.09 bits per heavy atom. The Morgan fingerprint density at radius 2 is 0.812 bits per heavy atom. The molecule has 0 aromatic heterocycles. The molecule has 0 aromatic carbocycles. The Hall–Kier alpha value is 0.0700. The Morgan fingerprint density at radius 1 is 0.531 bits per heavy atom. The van der Waals surface area contributed by atoms with Gasteiger partial charge in [-0.05, 0) is 25.7 Å². The second kappa shape index (κ2) is 22.8. The molecular weight excluding hydrogens is 419 g/mol. The minimum atomic E-state index is -3.22. The van der Waals surface area contributed by atoms with E-state index < -0.39 is 20.1 Å². The first-order valence-corrected chi connectivity index (χ1v) is 15.7. The maximum absolute atomic E-state index is 12.9. The maximum atomic E-state index is 12.9. The number of unbranched alkanes of at least 4 members (excludes halogenated alkanes) is 16. The largest absolute Gasteiger partial charge is 0.333 e. The van der Waals surface area contributed by atoms with E-state index in [1.54, 1.807) is 0 Å². The zero-order valence-electron chi connectivity index (χ0n) is 21.8. The van der Waals surface area contributed by atoms with Gasteiger partial charge in [-0.15, -0.1) is 0 Å². The van der Waals surface area contributed by atoms with E-state index in [-0.39, 0.29) is 0 Å². The fourth-order valence-electron chi connectivity index (χ4n) is 4.00. The zero-order chi connectivity index (χ0) is 23.9. The van der Waals surface area contributed by atoms with Crippen molar-refractivity contribution in [3.63, 3.8) is 0 Å². The molecule has 0 rings (SSSR count). The molecule has 5 nitrogen and oxygen atoms in total. The lowest BCUT2D eigenvalue weighted by molar-refractivity contribution is 0.108. The van der Waals surface area contributed by atoms with Crippen LogP contribution in [0, 0.1) is 0 Å². The first kappa shape index (κ1) is 32.1. The summed E-state index contributed by atoms with van der Waals surface area (Å²) in [7, 11) is -3.22. The first-order chi connectivity index (χ1) is 15.5. The molecule has 194 valence electrons. The summed E-state index contributed by atoms with van der Waals surface area (Å²) in [6, 6.07) is 0. The van der Waals surface area contributed by atoms with E-state index in [1.165, 1.54) is 89.9 Å². The van der Waals surface area contributed by atoms with Crippen molar-refractivity contribution in [3.8, 4) is 0 Å². The molecule has 32 heavy (non-hydrogen) atoms. The molecule has 4 N–H and O–H groups in total. The summed E-state index contributed by atoms with van der Waals surface area (Å²) in [6.45, 7) is 6.32. The van der Waals surface area contributed by atoms with Crippen LogP contribution < -0.4 is 11.5 Å². The van der Waals surface area contributed by atoms with Crippen molar-refractivity contribution in [2.45, 2.75) is 162 Å². The molecule has 0 aliphatic carbocycles. The molecule has 0 heterocycles. The molecule has 2 unspecified atom stereocenters. The van der Waals surface area contributed by atoms with Crippen LogP contribution in [-0.4, -0.2) is 18.6 Å². The van der Waals surface area contributed by atoms with E-state index >= 15 is 0 Å². The van der Waals surface area contributed by atoms with E-state index in [1.807, 2.05) is 6.92 Å². The minimum Gasteiger partial charge on any atom is -0.306 e. The van der Waals surface area contributed by atoms with Gasteiger partial charge in [0.25, 0.3) is 0 Å². The average Bonchev–Trinajstić information content (AvgIpc) is 2.76. The number of nitrogens with two attached hydrogens (primary N) is 2. The molecule has 2 atom stereocenters. The third-order valence-corrected chi connectivity index (χ3v) is 8.12. The fourth-order valence-corrected chi connectivity index (χ4v) is 5.39. The normalized spacial score (nSPS) is 15.5. The van der Waals surface area contributed by atoms with Crippen molar-refractivity contribution in [2.75, 3.05) is 6.16 Å². The molecule has 0 bridgehead atoms. The van der Waals surface area contributed by atoms with Gasteiger partial charge in [-0.1, -0.05) is 124 Å². The summed E-state index contributed by atoms with van der Waals surface area (Å²) >= 11 is 0. The van der Waals surface area contributed by atoms with Gasteiger partial charge in [0.05, 0.1) is 0 Å². The van der Waals surface area contributed by atoms with Gasteiger partial charge in [-0.3, -0.25) is 13.6 Å². The van der Waals surface area contributed by atoms with Gasteiger partial charge >= 0.3 is 7.60 Å². The van der Waals surface area contributed by atoms with E-state index in [4.69, 9.17) is 20.5 Å². The topological polar surface area (TPSA) is 87.6 Å².